The lowest BCUT2D eigenvalue weighted by atomic mass is 9.84. The van der Waals surface area contributed by atoms with Crippen LogP contribution < -0.4 is 5.32 Å². The minimum atomic E-state index is 0.304. The van der Waals surface area contributed by atoms with Crippen LogP contribution in [0.2, 0.25) is 0 Å². The van der Waals surface area contributed by atoms with Gasteiger partial charge in [0.05, 0.1) is 0 Å². The smallest absolute Gasteiger partial charge is 0.108 e. The first-order chi connectivity index (χ1) is 7.49. The van der Waals surface area contributed by atoms with E-state index in [4.69, 9.17) is 0 Å². The molecule has 0 amide bonds. The predicted molar refractivity (Wildman–Crippen MR) is 68.5 cm³/mol. The van der Waals surface area contributed by atoms with Crippen molar-refractivity contribution in [2.75, 3.05) is 7.05 Å². The maximum absolute atomic E-state index is 4.41. The summed E-state index contributed by atoms with van der Waals surface area (Å²) in [5, 5.41) is 3.40. The number of hydrogen-bond donors (Lipinski definition) is 1. The zero-order valence-corrected chi connectivity index (χ0v) is 11.2. The number of aromatic nitrogens is 2. The molecule has 1 heterocycles. The van der Waals surface area contributed by atoms with Crippen molar-refractivity contribution in [3.63, 3.8) is 0 Å². The van der Waals surface area contributed by atoms with Crippen molar-refractivity contribution in [2.24, 2.45) is 5.41 Å². The van der Waals surface area contributed by atoms with Crippen molar-refractivity contribution < 1.29 is 0 Å². The van der Waals surface area contributed by atoms with Crippen LogP contribution in [0.5, 0.6) is 0 Å². The lowest BCUT2D eigenvalue weighted by Crippen LogP contribution is -2.38. The fourth-order valence-electron chi connectivity index (χ4n) is 2.14. The number of aryl methyl sites for hydroxylation is 2. The van der Waals surface area contributed by atoms with Crippen molar-refractivity contribution in [3.8, 4) is 0 Å². The summed E-state index contributed by atoms with van der Waals surface area (Å²) in [6.07, 6.45) is 6.13. The molecule has 0 aliphatic heterocycles. The molecule has 0 aliphatic rings. The van der Waals surface area contributed by atoms with Gasteiger partial charge in [-0.2, -0.15) is 0 Å². The summed E-state index contributed by atoms with van der Waals surface area (Å²) >= 11 is 0. The first kappa shape index (κ1) is 13.2. The second-order valence-electron chi connectivity index (χ2n) is 5.38. The average Bonchev–Trinajstić information content (AvgIpc) is 2.64. The first-order valence-electron chi connectivity index (χ1n) is 6.16. The van der Waals surface area contributed by atoms with Gasteiger partial charge in [-0.25, -0.2) is 4.98 Å². The molecule has 1 rings (SSSR count). The Hall–Kier alpha value is -0.830. The molecular formula is C13H25N3. The van der Waals surface area contributed by atoms with E-state index in [1.807, 2.05) is 13.2 Å². The van der Waals surface area contributed by atoms with Crippen LogP contribution in [0.3, 0.4) is 0 Å². The monoisotopic (exact) mass is 223 g/mol. The molecule has 0 saturated carbocycles. The molecule has 0 fully saturated rings. The summed E-state index contributed by atoms with van der Waals surface area (Å²) in [5.74, 6) is 1.20. The van der Waals surface area contributed by atoms with Gasteiger partial charge >= 0.3 is 0 Å². The Morgan fingerprint density at radius 1 is 1.44 bits per heavy atom. The molecule has 1 N–H and O–H groups in total. The molecule has 92 valence electrons. The summed E-state index contributed by atoms with van der Waals surface area (Å²) in [6, 6.07) is 0.537. The van der Waals surface area contributed by atoms with E-state index >= 15 is 0 Å². The molecule has 1 atom stereocenters. The van der Waals surface area contributed by atoms with Gasteiger partial charge in [0.1, 0.15) is 5.82 Å². The van der Waals surface area contributed by atoms with E-state index in [9.17, 15) is 0 Å². The molecule has 0 aliphatic carbocycles. The third kappa shape index (κ3) is 3.34. The first-order valence-corrected chi connectivity index (χ1v) is 6.16. The fourth-order valence-corrected chi connectivity index (χ4v) is 2.14. The van der Waals surface area contributed by atoms with Crippen LogP contribution in [0.25, 0.3) is 0 Å². The second kappa shape index (κ2) is 5.48. The molecule has 3 heteroatoms. The van der Waals surface area contributed by atoms with Gasteiger partial charge in [-0.1, -0.05) is 20.8 Å². The lowest BCUT2D eigenvalue weighted by molar-refractivity contribution is 0.266. The Kier molecular flexibility index (Phi) is 4.54. The Morgan fingerprint density at radius 2 is 2.12 bits per heavy atom. The van der Waals surface area contributed by atoms with Gasteiger partial charge in [0, 0.05) is 31.4 Å². The standard InChI is InChI=1S/C13H25N3/c1-6-16-10-9-15-12(16)8-7-11(14-5)13(2,3)4/h9-11,14H,6-8H2,1-5H3. The molecule has 0 saturated heterocycles. The molecule has 0 spiro atoms. The van der Waals surface area contributed by atoms with E-state index in [2.05, 4.69) is 48.8 Å². The SMILES string of the molecule is CCn1ccnc1CCC(NC)C(C)(C)C. The molecular weight excluding hydrogens is 198 g/mol. The van der Waals surface area contributed by atoms with Crippen LogP contribution >= 0.6 is 0 Å². The predicted octanol–water partition coefficient (Wildman–Crippen LogP) is 2.47. The largest absolute Gasteiger partial charge is 0.335 e. The molecule has 16 heavy (non-hydrogen) atoms. The van der Waals surface area contributed by atoms with E-state index < -0.39 is 0 Å². The van der Waals surface area contributed by atoms with Crippen molar-refractivity contribution in [1.29, 1.82) is 0 Å². The Labute approximate surface area is 99.3 Å². The maximum atomic E-state index is 4.41. The van der Waals surface area contributed by atoms with Gasteiger partial charge in [0.25, 0.3) is 0 Å². The summed E-state index contributed by atoms with van der Waals surface area (Å²) in [4.78, 5) is 4.41. The van der Waals surface area contributed by atoms with E-state index in [1.165, 1.54) is 5.82 Å². The van der Waals surface area contributed by atoms with Crippen LogP contribution in [0.1, 0.15) is 39.9 Å². The second-order valence-corrected chi connectivity index (χ2v) is 5.38. The number of nitrogens with one attached hydrogen (secondary N) is 1. The third-order valence-corrected chi connectivity index (χ3v) is 3.19. The number of imidazole rings is 1. The third-order valence-electron chi connectivity index (χ3n) is 3.19. The van der Waals surface area contributed by atoms with Crippen molar-refractivity contribution >= 4 is 0 Å². The van der Waals surface area contributed by atoms with E-state index in [0.717, 1.165) is 19.4 Å². The fraction of sp³-hybridized carbons (Fsp3) is 0.769. The summed E-state index contributed by atoms with van der Waals surface area (Å²) in [7, 11) is 2.04. The summed E-state index contributed by atoms with van der Waals surface area (Å²) in [5.41, 5.74) is 0.304. The van der Waals surface area contributed by atoms with Gasteiger partial charge in [0.15, 0.2) is 0 Å². The van der Waals surface area contributed by atoms with Crippen LogP contribution in [0.15, 0.2) is 12.4 Å². The molecule has 1 unspecified atom stereocenters. The lowest BCUT2D eigenvalue weighted by Gasteiger charge is -2.30. The minimum absolute atomic E-state index is 0.304. The zero-order valence-electron chi connectivity index (χ0n) is 11.2. The van der Waals surface area contributed by atoms with Gasteiger partial charge in [-0.05, 0) is 25.8 Å². The van der Waals surface area contributed by atoms with Crippen molar-refractivity contribution in [3.05, 3.63) is 18.2 Å². The van der Waals surface area contributed by atoms with Crippen molar-refractivity contribution in [2.45, 2.75) is 53.1 Å². The van der Waals surface area contributed by atoms with Gasteiger partial charge < -0.3 is 9.88 Å². The molecule has 0 radical (unpaired) electrons. The van der Waals surface area contributed by atoms with E-state index in [0.29, 0.717) is 11.5 Å². The average molecular weight is 223 g/mol. The normalized spacial score (nSPS) is 14.1. The molecule has 0 bridgehead atoms. The Bertz CT molecular complexity index is 309. The maximum Gasteiger partial charge on any atom is 0.108 e. The highest BCUT2D eigenvalue weighted by Crippen LogP contribution is 2.22. The topological polar surface area (TPSA) is 29.9 Å². The highest BCUT2D eigenvalue weighted by Gasteiger charge is 2.22. The van der Waals surface area contributed by atoms with Crippen LogP contribution in [-0.4, -0.2) is 22.6 Å². The zero-order chi connectivity index (χ0) is 12.2. The molecule has 1 aromatic heterocycles. The Balaban J connectivity index is 2.56. The summed E-state index contributed by atoms with van der Waals surface area (Å²) < 4.78 is 2.22. The molecule has 0 aromatic carbocycles. The number of nitrogens with zero attached hydrogens (tertiary/aromatic N) is 2. The van der Waals surface area contributed by atoms with Gasteiger partial charge in [-0.3, -0.25) is 0 Å². The summed E-state index contributed by atoms with van der Waals surface area (Å²) in [6.45, 7) is 10.0. The van der Waals surface area contributed by atoms with Crippen molar-refractivity contribution in [1.82, 2.24) is 14.9 Å². The van der Waals surface area contributed by atoms with E-state index in [1.54, 1.807) is 0 Å². The van der Waals surface area contributed by atoms with Crippen LogP contribution in [0.4, 0.5) is 0 Å². The van der Waals surface area contributed by atoms with Crippen LogP contribution in [-0.2, 0) is 13.0 Å². The molecule has 1 aromatic rings. The van der Waals surface area contributed by atoms with E-state index in [-0.39, 0.29) is 0 Å². The highest BCUT2D eigenvalue weighted by atomic mass is 15.1. The minimum Gasteiger partial charge on any atom is -0.335 e. The van der Waals surface area contributed by atoms with Crippen LogP contribution in [0, 0.1) is 5.41 Å². The molecule has 3 nitrogen and oxygen atoms in total. The van der Waals surface area contributed by atoms with Gasteiger partial charge in [-0.15, -0.1) is 0 Å². The highest BCUT2D eigenvalue weighted by molar-refractivity contribution is 4.94. The van der Waals surface area contributed by atoms with Gasteiger partial charge in [0.2, 0.25) is 0 Å². The quantitative estimate of drug-likeness (QED) is 0.831. The number of rotatable bonds is 5. The number of hydrogen-bond acceptors (Lipinski definition) is 2. The Morgan fingerprint density at radius 3 is 2.62 bits per heavy atom.